The zero-order chi connectivity index (χ0) is 11.7. The van der Waals surface area contributed by atoms with Crippen molar-refractivity contribution in [1.82, 2.24) is 9.88 Å². The fraction of sp³-hybridized carbons (Fsp3) is 0.357. The average Bonchev–Trinajstić information content (AvgIpc) is 2.96. The molecule has 1 heterocycles. The van der Waals surface area contributed by atoms with Gasteiger partial charge in [0, 0.05) is 18.0 Å². The molecule has 0 N–H and O–H groups in total. The van der Waals surface area contributed by atoms with Crippen LogP contribution >= 0.6 is 11.3 Å². The Balaban J connectivity index is 1.78. The summed E-state index contributed by atoms with van der Waals surface area (Å²) in [6, 6.07) is 9.37. The molecule has 1 unspecified atom stereocenters. The predicted octanol–water partition coefficient (Wildman–Crippen LogP) is 3.26. The van der Waals surface area contributed by atoms with Gasteiger partial charge in [0.05, 0.1) is 11.2 Å². The summed E-state index contributed by atoms with van der Waals surface area (Å²) in [5.41, 5.74) is 6.11. The van der Waals surface area contributed by atoms with Gasteiger partial charge in [-0.2, -0.15) is 0 Å². The lowest BCUT2D eigenvalue weighted by atomic mass is 10.1. The number of hydrogen-bond donors (Lipinski definition) is 0. The van der Waals surface area contributed by atoms with E-state index in [2.05, 4.69) is 46.6 Å². The molecular formula is C14H16N2S. The van der Waals surface area contributed by atoms with Gasteiger partial charge in [-0.1, -0.05) is 24.3 Å². The topological polar surface area (TPSA) is 16.1 Å². The van der Waals surface area contributed by atoms with Gasteiger partial charge in [-0.15, -0.1) is 11.3 Å². The van der Waals surface area contributed by atoms with Crippen LogP contribution in [-0.2, 0) is 13.0 Å². The molecule has 17 heavy (non-hydrogen) atoms. The van der Waals surface area contributed by atoms with Crippen LogP contribution in [0.25, 0.3) is 0 Å². The van der Waals surface area contributed by atoms with Gasteiger partial charge in [-0.05, 0) is 31.0 Å². The van der Waals surface area contributed by atoms with Crippen LogP contribution in [0.2, 0.25) is 0 Å². The van der Waals surface area contributed by atoms with E-state index in [1.54, 1.807) is 11.3 Å². The molecule has 0 bridgehead atoms. The van der Waals surface area contributed by atoms with E-state index in [9.17, 15) is 0 Å². The molecule has 3 heteroatoms. The number of aryl methyl sites for hydroxylation is 1. The lowest BCUT2D eigenvalue weighted by Gasteiger charge is -2.24. The summed E-state index contributed by atoms with van der Waals surface area (Å²) in [5, 5.41) is 2.14. The molecule has 0 saturated heterocycles. The van der Waals surface area contributed by atoms with Crippen LogP contribution in [0.15, 0.2) is 35.2 Å². The highest BCUT2D eigenvalue weighted by Gasteiger charge is 2.25. The van der Waals surface area contributed by atoms with Gasteiger partial charge in [0.2, 0.25) is 0 Å². The number of fused-ring (bicyclic) bond motifs is 1. The monoisotopic (exact) mass is 244 g/mol. The molecular weight excluding hydrogens is 228 g/mol. The van der Waals surface area contributed by atoms with Crippen molar-refractivity contribution in [3.05, 3.63) is 52.0 Å². The third-order valence-corrected chi connectivity index (χ3v) is 4.16. The van der Waals surface area contributed by atoms with Crippen molar-refractivity contribution in [1.29, 1.82) is 0 Å². The highest BCUT2D eigenvalue weighted by molar-refractivity contribution is 7.07. The third-order valence-electron chi connectivity index (χ3n) is 3.53. The first-order valence-electron chi connectivity index (χ1n) is 5.99. The maximum Gasteiger partial charge on any atom is 0.0795 e. The van der Waals surface area contributed by atoms with Crippen molar-refractivity contribution in [2.24, 2.45) is 0 Å². The van der Waals surface area contributed by atoms with E-state index in [1.807, 2.05) is 5.51 Å². The molecule has 0 aliphatic heterocycles. The number of aromatic nitrogens is 1. The van der Waals surface area contributed by atoms with Gasteiger partial charge >= 0.3 is 0 Å². The van der Waals surface area contributed by atoms with E-state index in [1.165, 1.54) is 29.7 Å². The zero-order valence-electron chi connectivity index (χ0n) is 9.97. The van der Waals surface area contributed by atoms with E-state index in [4.69, 9.17) is 0 Å². The average molecular weight is 244 g/mol. The van der Waals surface area contributed by atoms with Gasteiger partial charge in [0.25, 0.3) is 0 Å². The highest BCUT2D eigenvalue weighted by Crippen LogP contribution is 2.35. The normalized spacial score (nSPS) is 18.6. The molecule has 1 atom stereocenters. The SMILES string of the molecule is CN(Cc1cscn1)C1CCc2ccccc21. The van der Waals surface area contributed by atoms with Gasteiger partial charge in [0.1, 0.15) is 0 Å². The minimum Gasteiger partial charge on any atom is -0.293 e. The number of benzene rings is 1. The largest absolute Gasteiger partial charge is 0.293 e. The molecule has 1 aliphatic carbocycles. The van der Waals surface area contributed by atoms with Crippen molar-refractivity contribution < 1.29 is 0 Å². The Morgan fingerprint density at radius 2 is 2.29 bits per heavy atom. The van der Waals surface area contributed by atoms with Crippen molar-refractivity contribution >= 4 is 11.3 Å². The molecule has 3 rings (SSSR count). The van der Waals surface area contributed by atoms with Crippen LogP contribution < -0.4 is 0 Å². The molecule has 1 aliphatic rings. The van der Waals surface area contributed by atoms with Gasteiger partial charge in [0.15, 0.2) is 0 Å². The van der Waals surface area contributed by atoms with Crippen LogP contribution in [0.1, 0.15) is 29.3 Å². The molecule has 2 aromatic rings. The van der Waals surface area contributed by atoms with Crippen LogP contribution in [0.3, 0.4) is 0 Å². The molecule has 0 amide bonds. The number of nitrogens with zero attached hydrogens (tertiary/aromatic N) is 2. The van der Waals surface area contributed by atoms with E-state index < -0.39 is 0 Å². The summed E-state index contributed by atoms with van der Waals surface area (Å²) >= 11 is 1.67. The lowest BCUT2D eigenvalue weighted by Crippen LogP contribution is -2.22. The van der Waals surface area contributed by atoms with Crippen molar-refractivity contribution in [3.8, 4) is 0 Å². The first-order chi connectivity index (χ1) is 8.34. The fourth-order valence-electron chi connectivity index (χ4n) is 2.67. The molecule has 0 fully saturated rings. The first-order valence-corrected chi connectivity index (χ1v) is 6.94. The van der Waals surface area contributed by atoms with E-state index >= 15 is 0 Å². The van der Waals surface area contributed by atoms with Crippen molar-refractivity contribution in [2.45, 2.75) is 25.4 Å². The lowest BCUT2D eigenvalue weighted by molar-refractivity contribution is 0.234. The number of hydrogen-bond acceptors (Lipinski definition) is 3. The Labute approximate surface area is 106 Å². The molecule has 0 saturated carbocycles. The summed E-state index contributed by atoms with van der Waals surface area (Å²) in [4.78, 5) is 6.78. The van der Waals surface area contributed by atoms with Crippen LogP contribution in [0.4, 0.5) is 0 Å². The number of thiazole rings is 1. The van der Waals surface area contributed by atoms with E-state index in [-0.39, 0.29) is 0 Å². The summed E-state index contributed by atoms with van der Waals surface area (Å²) in [7, 11) is 2.20. The smallest absolute Gasteiger partial charge is 0.0795 e. The maximum atomic E-state index is 4.36. The van der Waals surface area contributed by atoms with Crippen LogP contribution in [-0.4, -0.2) is 16.9 Å². The summed E-state index contributed by atoms with van der Waals surface area (Å²) in [5.74, 6) is 0. The quantitative estimate of drug-likeness (QED) is 0.824. The minimum absolute atomic E-state index is 0.563. The standard InChI is InChI=1S/C14H16N2S/c1-16(8-12-9-17-10-15-12)14-7-6-11-4-2-3-5-13(11)14/h2-5,9-10,14H,6-8H2,1H3. The van der Waals surface area contributed by atoms with Crippen LogP contribution in [0, 0.1) is 0 Å². The Morgan fingerprint density at radius 3 is 3.12 bits per heavy atom. The maximum absolute atomic E-state index is 4.36. The molecule has 1 aromatic heterocycles. The van der Waals surface area contributed by atoms with Crippen molar-refractivity contribution in [2.75, 3.05) is 7.05 Å². The van der Waals surface area contributed by atoms with E-state index in [0.29, 0.717) is 6.04 Å². The van der Waals surface area contributed by atoms with E-state index in [0.717, 1.165) is 6.54 Å². The summed E-state index contributed by atoms with van der Waals surface area (Å²) in [6.45, 7) is 0.947. The minimum atomic E-state index is 0.563. The third kappa shape index (κ3) is 2.13. The van der Waals surface area contributed by atoms with Gasteiger partial charge in [-0.3, -0.25) is 4.90 Å². The Bertz CT molecular complexity index is 493. The van der Waals surface area contributed by atoms with Gasteiger partial charge < -0.3 is 0 Å². The van der Waals surface area contributed by atoms with Gasteiger partial charge in [-0.25, -0.2) is 4.98 Å². The molecule has 2 nitrogen and oxygen atoms in total. The second-order valence-electron chi connectivity index (χ2n) is 4.65. The fourth-order valence-corrected chi connectivity index (χ4v) is 3.22. The van der Waals surface area contributed by atoms with Crippen LogP contribution in [0.5, 0.6) is 0 Å². The van der Waals surface area contributed by atoms with Crippen molar-refractivity contribution in [3.63, 3.8) is 0 Å². The highest BCUT2D eigenvalue weighted by atomic mass is 32.1. The summed E-state index contributed by atoms with van der Waals surface area (Å²) < 4.78 is 0. The molecule has 88 valence electrons. The summed E-state index contributed by atoms with van der Waals surface area (Å²) in [6.07, 6.45) is 2.45. The second kappa shape index (κ2) is 4.59. The number of rotatable bonds is 3. The zero-order valence-corrected chi connectivity index (χ0v) is 10.8. The predicted molar refractivity (Wildman–Crippen MR) is 71.1 cm³/mol. The first kappa shape index (κ1) is 10.9. The Hall–Kier alpha value is -1.19. The molecule has 1 aromatic carbocycles. The molecule has 0 radical (unpaired) electrons. The Morgan fingerprint density at radius 1 is 1.41 bits per heavy atom. The second-order valence-corrected chi connectivity index (χ2v) is 5.37. The molecule has 0 spiro atoms. The Kier molecular flexibility index (Phi) is 2.95.